The monoisotopic (exact) mass is 268 g/mol. The number of benzene rings is 1. The molecule has 8 heteroatoms. The van der Waals surface area contributed by atoms with Gasteiger partial charge in [0.25, 0.3) is 0 Å². The van der Waals surface area contributed by atoms with Crippen LogP contribution in [0.15, 0.2) is 30.3 Å². The van der Waals surface area contributed by atoms with Crippen LogP contribution in [0.3, 0.4) is 0 Å². The third kappa shape index (κ3) is 1.93. The van der Waals surface area contributed by atoms with E-state index in [2.05, 4.69) is 25.4 Å². The number of fused-ring (bicyclic) bond motifs is 1. The van der Waals surface area contributed by atoms with Gasteiger partial charge in [0.2, 0.25) is 5.95 Å². The topological polar surface area (TPSA) is 142 Å². The Hall–Kier alpha value is -3.00. The van der Waals surface area contributed by atoms with Gasteiger partial charge >= 0.3 is 0 Å². The summed E-state index contributed by atoms with van der Waals surface area (Å²) in [6.07, 6.45) is 0. The summed E-state index contributed by atoms with van der Waals surface area (Å²) in [7, 11) is 0. The molecule has 0 spiro atoms. The summed E-state index contributed by atoms with van der Waals surface area (Å²) in [4.78, 5) is 16.6. The Balaban J connectivity index is 2.32. The Labute approximate surface area is 114 Å². The van der Waals surface area contributed by atoms with E-state index in [1.165, 1.54) is 0 Å². The number of nitrogens with zero attached hydrogens (tertiary/aromatic N) is 4. The number of nitrogens with two attached hydrogens (primary N) is 3. The van der Waals surface area contributed by atoms with Crippen LogP contribution in [0.25, 0.3) is 22.4 Å². The van der Waals surface area contributed by atoms with Crippen molar-refractivity contribution in [1.82, 2.24) is 19.9 Å². The van der Waals surface area contributed by atoms with E-state index < -0.39 is 0 Å². The van der Waals surface area contributed by atoms with Crippen LogP contribution in [0.4, 0.5) is 17.6 Å². The molecule has 0 radical (unpaired) electrons. The van der Waals surface area contributed by atoms with Gasteiger partial charge in [-0.3, -0.25) is 0 Å². The lowest BCUT2D eigenvalue weighted by molar-refractivity contribution is 1.15. The van der Waals surface area contributed by atoms with Crippen molar-refractivity contribution in [2.75, 3.05) is 16.9 Å². The molecule has 0 aliphatic heterocycles. The van der Waals surface area contributed by atoms with Gasteiger partial charge in [0.15, 0.2) is 22.8 Å². The fraction of sp³-hybridized carbons (Fsp3) is 0. The molecule has 3 rings (SSSR count). The van der Waals surface area contributed by atoms with Crippen molar-refractivity contribution in [3.8, 4) is 11.3 Å². The van der Waals surface area contributed by atoms with E-state index in [4.69, 9.17) is 17.3 Å². The molecule has 0 saturated heterocycles. The third-order valence-electron chi connectivity index (χ3n) is 2.76. The molecule has 8 nitrogen and oxygen atoms in total. The summed E-state index contributed by atoms with van der Waals surface area (Å²) in [5.74, 6) is 6.11. The summed E-state index contributed by atoms with van der Waals surface area (Å²) in [5, 5.41) is 0. The van der Waals surface area contributed by atoms with Gasteiger partial charge in [-0.2, -0.15) is 9.97 Å². The molecule has 0 aliphatic carbocycles. The molecule has 0 bridgehead atoms. The number of aromatic nitrogens is 4. The Kier molecular flexibility index (Phi) is 2.77. The second-order valence-electron chi connectivity index (χ2n) is 4.07. The SMILES string of the molecule is NNc1nc2nc(N)nc(N)c2nc1-c1ccccc1. The maximum absolute atomic E-state index is 5.81. The number of hydrazine groups is 1. The van der Waals surface area contributed by atoms with Crippen LogP contribution in [-0.2, 0) is 0 Å². The van der Waals surface area contributed by atoms with Crippen molar-refractivity contribution >= 4 is 28.7 Å². The zero-order valence-corrected chi connectivity index (χ0v) is 10.4. The first-order chi connectivity index (χ1) is 9.69. The van der Waals surface area contributed by atoms with Crippen LogP contribution in [0.1, 0.15) is 0 Å². The average Bonchev–Trinajstić information content (AvgIpc) is 2.46. The molecule has 0 atom stereocenters. The van der Waals surface area contributed by atoms with E-state index in [9.17, 15) is 0 Å². The minimum atomic E-state index is 0.0414. The summed E-state index contributed by atoms with van der Waals surface area (Å²) in [6.45, 7) is 0. The third-order valence-corrected chi connectivity index (χ3v) is 2.76. The van der Waals surface area contributed by atoms with Crippen LogP contribution < -0.4 is 22.7 Å². The van der Waals surface area contributed by atoms with Gasteiger partial charge in [-0.05, 0) is 0 Å². The van der Waals surface area contributed by atoms with Crippen LogP contribution in [0.2, 0.25) is 0 Å². The lowest BCUT2D eigenvalue weighted by Crippen LogP contribution is -2.12. The lowest BCUT2D eigenvalue weighted by atomic mass is 10.1. The van der Waals surface area contributed by atoms with E-state index >= 15 is 0 Å². The van der Waals surface area contributed by atoms with Gasteiger partial charge in [-0.1, -0.05) is 30.3 Å². The van der Waals surface area contributed by atoms with Gasteiger partial charge in [-0.25, -0.2) is 15.8 Å². The molecular formula is C12H12N8. The second kappa shape index (κ2) is 4.59. The first kappa shape index (κ1) is 12.1. The molecular weight excluding hydrogens is 256 g/mol. The molecule has 0 aliphatic rings. The maximum Gasteiger partial charge on any atom is 0.224 e. The Bertz CT molecular complexity index is 771. The van der Waals surface area contributed by atoms with E-state index in [0.29, 0.717) is 22.7 Å². The fourth-order valence-corrected chi connectivity index (χ4v) is 1.88. The molecule has 100 valence electrons. The minimum absolute atomic E-state index is 0.0414. The first-order valence-corrected chi connectivity index (χ1v) is 5.82. The Morgan fingerprint density at radius 3 is 2.35 bits per heavy atom. The van der Waals surface area contributed by atoms with E-state index in [1.54, 1.807) is 0 Å². The molecule has 0 saturated carbocycles. The second-order valence-corrected chi connectivity index (χ2v) is 4.07. The van der Waals surface area contributed by atoms with Crippen LogP contribution in [0, 0.1) is 0 Å². The molecule has 20 heavy (non-hydrogen) atoms. The number of hydrogen-bond acceptors (Lipinski definition) is 8. The van der Waals surface area contributed by atoms with Crippen LogP contribution >= 0.6 is 0 Å². The fourth-order valence-electron chi connectivity index (χ4n) is 1.88. The Morgan fingerprint density at radius 1 is 0.900 bits per heavy atom. The number of rotatable bonds is 2. The van der Waals surface area contributed by atoms with Crippen molar-refractivity contribution in [2.24, 2.45) is 5.84 Å². The first-order valence-electron chi connectivity index (χ1n) is 5.82. The van der Waals surface area contributed by atoms with Crippen molar-refractivity contribution in [3.63, 3.8) is 0 Å². The number of hydrogen-bond donors (Lipinski definition) is 4. The molecule has 1 aromatic carbocycles. The minimum Gasteiger partial charge on any atom is -0.382 e. The van der Waals surface area contributed by atoms with Crippen LogP contribution in [0.5, 0.6) is 0 Å². The van der Waals surface area contributed by atoms with E-state index in [0.717, 1.165) is 5.56 Å². The Morgan fingerprint density at radius 2 is 1.65 bits per heavy atom. The van der Waals surface area contributed by atoms with E-state index in [-0.39, 0.29) is 11.8 Å². The summed E-state index contributed by atoms with van der Waals surface area (Å²) >= 11 is 0. The summed E-state index contributed by atoms with van der Waals surface area (Å²) in [6, 6.07) is 9.48. The molecule has 0 amide bonds. The van der Waals surface area contributed by atoms with E-state index in [1.807, 2.05) is 30.3 Å². The van der Waals surface area contributed by atoms with Crippen LogP contribution in [-0.4, -0.2) is 19.9 Å². The van der Waals surface area contributed by atoms with Crippen molar-refractivity contribution in [3.05, 3.63) is 30.3 Å². The number of nitrogens with one attached hydrogen (secondary N) is 1. The smallest absolute Gasteiger partial charge is 0.224 e. The van der Waals surface area contributed by atoms with Gasteiger partial charge in [0, 0.05) is 5.56 Å². The molecule has 2 aromatic heterocycles. The molecule has 2 heterocycles. The lowest BCUT2D eigenvalue weighted by Gasteiger charge is -2.09. The van der Waals surface area contributed by atoms with Crippen molar-refractivity contribution in [2.45, 2.75) is 0 Å². The zero-order chi connectivity index (χ0) is 14.1. The standard InChI is InChI=1S/C12H12N8/c13-9-8-10(19-12(14)17-9)18-11(20-15)7(16-8)6-4-2-1-3-5-6/h1-5H,15H2,(H5,13,14,17,18,19,20). The highest BCUT2D eigenvalue weighted by molar-refractivity contribution is 5.87. The van der Waals surface area contributed by atoms with Gasteiger partial charge in [-0.15, -0.1) is 0 Å². The van der Waals surface area contributed by atoms with Gasteiger partial charge in [0.1, 0.15) is 5.69 Å². The highest BCUT2D eigenvalue weighted by Gasteiger charge is 2.13. The number of anilines is 3. The van der Waals surface area contributed by atoms with Gasteiger partial charge in [0.05, 0.1) is 0 Å². The maximum atomic E-state index is 5.81. The highest BCUT2D eigenvalue weighted by atomic mass is 15.3. The largest absolute Gasteiger partial charge is 0.382 e. The normalized spacial score (nSPS) is 10.7. The van der Waals surface area contributed by atoms with Gasteiger partial charge < -0.3 is 16.9 Å². The molecule has 7 N–H and O–H groups in total. The number of nitrogen functional groups attached to an aromatic ring is 3. The summed E-state index contributed by atoms with van der Waals surface area (Å²) in [5.41, 5.74) is 16.0. The van der Waals surface area contributed by atoms with Crippen molar-refractivity contribution in [1.29, 1.82) is 0 Å². The highest BCUT2D eigenvalue weighted by Crippen LogP contribution is 2.27. The zero-order valence-electron chi connectivity index (χ0n) is 10.4. The predicted octanol–water partition coefficient (Wildman–Crippen LogP) is 0.537. The molecule has 3 aromatic rings. The quantitative estimate of drug-likeness (QED) is 0.389. The molecule has 0 unspecified atom stereocenters. The predicted molar refractivity (Wildman–Crippen MR) is 77.2 cm³/mol. The molecule has 0 fully saturated rings. The average molecular weight is 268 g/mol. The van der Waals surface area contributed by atoms with Crippen molar-refractivity contribution < 1.29 is 0 Å². The summed E-state index contributed by atoms with van der Waals surface area (Å²) < 4.78 is 0.